The topological polar surface area (TPSA) is 52.7 Å². The first-order chi connectivity index (χ1) is 14.3. The van der Waals surface area contributed by atoms with Gasteiger partial charge in [0.15, 0.2) is 0 Å². The zero-order chi connectivity index (χ0) is 19.6. The van der Waals surface area contributed by atoms with Gasteiger partial charge in [-0.15, -0.1) is 0 Å². The van der Waals surface area contributed by atoms with Crippen LogP contribution in [0, 0.1) is 0 Å². The second-order valence-corrected chi connectivity index (χ2v) is 7.77. The van der Waals surface area contributed by atoms with E-state index in [2.05, 4.69) is 29.2 Å². The molecule has 0 fully saturated rings. The summed E-state index contributed by atoms with van der Waals surface area (Å²) >= 11 is 0. The molecule has 0 spiro atoms. The van der Waals surface area contributed by atoms with Crippen LogP contribution in [0.15, 0.2) is 66.0 Å². The molecule has 29 heavy (non-hydrogen) atoms. The van der Waals surface area contributed by atoms with Crippen LogP contribution in [0.5, 0.6) is 0 Å². The van der Waals surface area contributed by atoms with Gasteiger partial charge in [-0.1, -0.05) is 36.8 Å². The van der Waals surface area contributed by atoms with Crippen molar-refractivity contribution in [1.82, 2.24) is 19.3 Å². The molecule has 5 heteroatoms. The van der Waals surface area contributed by atoms with Crippen LogP contribution in [0.1, 0.15) is 30.4 Å². The number of imidazole rings is 1. The van der Waals surface area contributed by atoms with E-state index in [1.807, 2.05) is 29.0 Å². The number of hydrogen-bond donors (Lipinski definition) is 0. The molecule has 0 bridgehead atoms. The fourth-order valence-electron chi connectivity index (χ4n) is 4.28. The van der Waals surface area contributed by atoms with Crippen LogP contribution in [-0.2, 0) is 25.9 Å². The van der Waals surface area contributed by atoms with E-state index >= 15 is 0 Å². The Balaban J connectivity index is 1.69. The van der Waals surface area contributed by atoms with E-state index in [0.717, 1.165) is 34.9 Å². The van der Waals surface area contributed by atoms with Crippen molar-refractivity contribution in [3.63, 3.8) is 0 Å². The molecule has 2 aromatic carbocycles. The molecule has 2 heterocycles. The van der Waals surface area contributed by atoms with E-state index in [1.165, 1.54) is 30.4 Å². The Morgan fingerprint density at radius 1 is 0.897 bits per heavy atom. The largest absolute Gasteiger partial charge is 0.336 e. The van der Waals surface area contributed by atoms with Crippen molar-refractivity contribution >= 4 is 10.8 Å². The SMILES string of the molecule is O=c1c2cc3c(cc2c(-c2ccccc2)nn1CCn1ccnc1)CCCCC3. The van der Waals surface area contributed by atoms with Gasteiger partial charge in [0.05, 0.1) is 24.0 Å². The lowest BCUT2D eigenvalue weighted by Gasteiger charge is -2.14. The van der Waals surface area contributed by atoms with Gasteiger partial charge in [-0.2, -0.15) is 5.10 Å². The third-order valence-electron chi connectivity index (χ3n) is 5.85. The van der Waals surface area contributed by atoms with Crippen molar-refractivity contribution in [3.05, 3.63) is 82.7 Å². The minimum Gasteiger partial charge on any atom is -0.336 e. The maximum atomic E-state index is 13.3. The van der Waals surface area contributed by atoms with E-state index in [-0.39, 0.29) is 5.56 Å². The third-order valence-corrected chi connectivity index (χ3v) is 5.85. The van der Waals surface area contributed by atoms with Gasteiger partial charge in [-0.25, -0.2) is 9.67 Å². The monoisotopic (exact) mass is 384 g/mol. The summed E-state index contributed by atoms with van der Waals surface area (Å²) in [4.78, 5) is 17.4. The molecule has 0 radical (unpaired) electrons. The van der Waals surface area contributed by atoms with Crippen molar-refractivity contribution in [2.24, 2.45) is 0 Å². The number of rotatable bonds is 4. The van der Waals surface area contributed by atoms with E-state index < -0.39 is 0 Å². The van der Waals surface area contributed by atoms with Gasteiger partial charge in [0.1, 0.15) is 0 Å². The lowest BCUT2D eigenvalue weighted by atomic mass is 9.96. The number of aryl methyl sites for hydroxylation is 4. The molecule has 0 saturated heterocycles. The van der Waals surface area contributed by atoms with Crippen LogP contribution < -0.4 is 5.56 Å². The van der Waals surface area contributed by atoms with Gasteiger partial charge in [0, 0.05) is 29.9 Å². The number of benzene rings is 2. The van der Waals surface area contributed by atoms with Crippen molar-refractivity contribution < 1.29 is 0 Å². The van der Waals surface area contributed by atoms with E-state index in [4.69, 9.17) is 5.10 Å². The second-order valence-electron chi connectivity index (χ2n) is 7.77. The van der Waals surface area contributed by atoms with Crippen LogP contribution in [0.25, 0.3) is 22.0 Å². The van der Waals surface area contributed by atoms with Gasteiger partial charge < -0.3 is 4.57 Å². The summed E-state index contributed by atoms with van der Waals surface area (Å²) in [7, 11) is 0. The molecule has 2 aromatic heterocycles. The lowest BCUT2D eigenvalue weighted by molar-refractivity contribution is 0.516. The molecular formula is C24H24N4O. The highest BCUT2D eigenvalue weighted by atomic mass is 16.1. The minimum absolute atomic E-state index is 0.00755. The van der Waals surface area contributed by atoms with E-state index in [9.17, 15) is 4.79 Å². The average Bonchev–Trinajstić information content (AvgIpc) is 3.17. The summed E-state index contributed by atoms with van der Waals surface area (Å²) in [5.74, 6) is 0. The quantitative estimate of drug-likeness (QED) is 0.495. The molecule has 4 aromatic rings. The highest BCUT2D eigenvalue weighted by Crippen LogP contribution is 2.30. The summed E-state index contributed by atoms with van der Waals surface area (Å²) in [5.41, 5.74) is 4.63. The maximum Gasteiger partial charge on any atom is 0.274 e. The molecule has 0 atom stereocenters. The number of nitrogens with zero attached hydrogens (tertiary/aromatic N) is 4. The predicted molar refractivity (Wildman–Crippen MR) is 115 cm³/mol. The van der Waals surface area contributed by atoms with Crippen LogP contribution >= 0.6 is 0 Å². The second kappa shape index (κ2) is 7.66. The van der Waals surface area contributed by atoms with Gasteiger partial charge in [0.2, 0.25) is 0 Å². The Labute approximate surface area is 169 Å². The molecule has 0 unspecified atom stereocenters. The third kappa shape index (κ3) is 3.48. The number of aromatic nitrogens is 4. The Morgan fingerprint density at radius 3 is 2.38 bits per heavy atom. The first-order valence-corrected chi connectivity index (χ1v) is 10.4. The summed E-state index contributed by atoms with van der Waals surface area (Å²) in [6.45, 7) is 1.18. The first-order valence-electron chi connectivity index (χ1n) is 10.4. The molecular weight excluding hydrogens is 360 g/mol. The molecule has 0 aliphatic heterocycles. The molecule has 5 nitrogen and oxygen atoms in total. The fourth-order valence-corrected chi connectivity index (χ4v) is 4.28. The van der Waals surface area contributed by atoms with Gasteiger partial charge in [-0.3, -0.25) is 4.79 Å². The van der Waals surface area contributed by atoms with Gasteiger partial charge >= 0.3 is 0 Å². The smallest absolute Gasteiger partial charge is 0.274 e. The summed E-state index contributed by atoms with van der Waals surface area (Å²) in [6, 6.07) is 14.6. The predicted octanol–water partition coefficient (Wildman–Crippen LogP) is 4.23. The standard InChI is InChI=1S/C24H24N4O/c29-24-22-16-20-10-6-2-5-9-19(20)15-21(22)23(18-7-3-1-4-8-18)26-28(24)14-13-27-12-11-25-17-27/h1,3-4,7-8,11-12,15-17H,2,5-6,9-10,13-14H2. The van der Waals surface area contributed by atoms with Crippen LogP contribution in [0.2, 0.25) is 0 Å². The molecule has 146 valence electrons. The lowest BCUT2D eigenvalue weighted by Crippen LogP contribution is -2.26. The Morgan fingerprint density at radius 2 is 1.66 bits per heavy atom. The summed E-state index contributed by atoms with van der Waals surface area (Å²) in [5, 5.41) is 6.57. The number of fused-ring (bicyclic) bond motifs is 2. The maximum absolute atomic E-state index is 13.3. The molecule has 5 rings (SSSR count). The summed E-state index contributed by atoms with van der Waals surface area (Å²) < 4.78 is 3.59. The highest BCUT2D eigenvalue weighted by molar-refractivity contribution is 5.94. The Bertz CT molecular complexity index is 1190. The van der Waals surface area contributed by atoms with Gasteiger partial charge in [0.25, 0.3) is 5.56 Å². The molecule has 0 N–H and O–H groups in total. The minimum atomic E-state index is -0.00755. The van der Waals surface area contributed by atoms with Crippen LogP contribution in [0.4, 0.5) is 0 Å². The van der Waals surface area contributed by atoms with Gasteiger partial charge in [-0.05, 0) is 48.9 Å². The van der Waals surface area contributed by atoms with Crippen molar-refractivity contribution in [1.29, 1.82) is 0 Å². The first kappa shape index (κ1) is 17.9. The average molecular weight is 384 g/mol. The molecule has 1 aliphatic rings. The van der Waals surface area contributed by atoms with E-state index in [1.54, 1.807) is 17.2 Å². The van der Waals surface area contributed by atoms with Crippen molar-refractivity contribution in [3.8, 4) is 11.3 Å². The van der Waals surface area contributed by atoms with Crippen LogP contribution in [0.3, 0.4) is 0 Å². The fraction of sp³-hybridized carbons (Fsp3) is 0.292. The number of hydrogen-bond acceptors (Lipinski definition) is 3. The van der Waals surface area contributed by atoms with Crippen LogP contribution in [-0.4, -0.2) is 19.3 Å². The Kier molecular flexibility index (Phi) is 4.72. The van der Waals surface area contributed by atoms with Crippen molar-refractivity contribution in [2.75, 3.05) is 0 Å². The zero-order valence-corrected chi connectivity index (χ0v) is 16.4. The Hall–Kier alpha value is -3.21. The van der Waals surface area contributed by atoms with E-state index in [0.29, 0.717) is 13.1 Å². The summed E-state index contributed by atoms with van der Waals surface area (Å²) in [6.07, 6.45) is 11.2. The van der Waals surface area contributed by atoms with Crippen molar-refractivity contribution in [2.45, 2.75) is 45.2 Å². The molecule has 1 aliphatic carbocycles. The normalized spacial score (nSPS) is 13.9. The zero-order valence-electron chi connectivity index (χ0n) is 16.4. The highest BCUT2D eigenvalue weighted by Gasteiger charge is 2.17. The molecule has 0 saturated carbocycles. The molecule has 0 amide bonds.